The van der Waals surface area contributed by atoms with Crippen LogP contribution in [0.5, 0.6) is 5.75 Å². The van der Waals surface area contributed by atoms with Gasteiger partial charge >= 0.3 is 18.9 Å². The Bertz CT molecular complexity index is 909. The predicted octanol–water partition coefficient (Wildman–Crippen LogP) is 2.45. The zero-order valence-electron chi connectivity index (χ0n) is 17.4. The van der Waals surface area contributed by atoms with Crippen LogP contribution in [0.25, 0.3) is 0 Å². The molecule has 0 amide bonds. The Morgan fingerprint density at radius 1 is 0.889 bits per heavy atom. The van der Waals surface area contributed by atoms with Gasteiger partial charge in [0.1, 0.15) is 12.4 Å². The van der Waals surface area contributed by atoms with Crippen molar-refractivity contribution in [3.05, 3.63) is 94.5 Å². The van der Waals surface area contributed by atoms with Crippen molar-refractivity contribution in [2.45, 2.75) is 27.4 Å². The second-order valence-electron chi connectivity index (χ2n) is 6.47. The van der Waals surface area contributed by atoms with Crippen molar-refractivity contribution in [1.29, 1.82) is 0 Å². The van der Waals surface area contributed by atoms with Crippen LogP contribution in [-0.2, 0) is 6.61 Å². The predicted molar refractivity (Wildman–Crippen MR) is 111 cm³/mol. The molecule has 4 heteroatoms. The van der Waals surface area contributed by atoms with E-state index in [1.54, 1.807) is 0 Å². The number of carbonyl (C=O) groups excluding carboxylic acids is 1. The minimum Gasteiger partial charge on any atom is -1.00 e. The molecule has 3 rings (SSSR count). The van der Waals surface area contributed by atoms with Crippen LogP contribution < -0.4 is 28.9 Å². The van der Waals surface area contributed by atoms with Gasteiger partial charge in [0.25, 0.3) is 0 Å². The molecule has 1 atom stereocenters. The molecule has 0 saturated heterocycles. The summed E-state index contributed by atoms with van der Waals surface area (Å²) in [5, 5.41) is 1.07. The van der Waals surface area contributed by atoms with Gasteiger partial charge in [-0.1, -0.05) is 54.6 Å². The first-order valence-corrected chi connectivity index (χ1v) is 9.69. The number of hydrogen-bond acceptors (Lipinski definition) is 2. The first-order chi connectivity index (χ1) is 12.5. The summed E-state index contributed by atoms with van der Waals surface area (Å²) in [6, 6.07) is 22.1. The molecule has 2 nitrogen and oxygen atoms in total. The van der Waals surface area contributed by atoms with Crippen LogP contribution in [-0.4, -0.2) is 5.52 Å². The minimum atomic E-state index is 0. The zero-order chi connectivity index (χ0) is 18.5. The molecule has 3 aromatic carbocycles. The van der Waals surface area contributed by atoms with Crippen LogP contribution in [0, 0.1) is 20.8 Å². The summed E-state index contributed by atoms with van der Waals surface area (Å²) in [6.45, 7) is 6.58. The van der Waals surface area contributed by atoms with E-state index < -0.39 is 0 Å². The van der Waals surface area contributed by atoms with E-state index in [9.17, 15) is 4.79 Å². The fourth-order valence-electron chi connectivity index (χ4n) is 2.96. The summed E-state index contributed by atoms with van der Waals surface area (Å²) < 4.78 is 5.87. The molecule has 0 aromatic heterocycles. The van der Waals surface area contributed by atoms with Gasteiger partial charge < -0.3 is 6.16 Å². The van der Waals surface area contributed by atoms with Crippen LogP contribution in [0.15, 0.2) is 66.7 Å². The first-order valence-electron chi connectivity index (χ1n) is 8.69. The Labute approximate surface area is 176 Å². The Morgan fingerprint density at radius 3 is 2.19 bits per heavy atom. The molecule has 0 aliphatic rings. The fourth-order valence-corrected chi connectivity index (χ4v) is 4.16. The van der Waals surface area contributed by atoms with Gasteiger partial charge in [0.2, 0.25) is 0 Å². The van der Waals surface area contributed by atoms with E-state index in [0.29, 0.717) is 6.61 Å². The number of rotatable bonds is 6. The van der Waals surface area contributed by atoms with Crippen molar-refractivity contribution in [3.63, 3.8) is 0 Å². The van der Waals surface area contributed by atoms with Crippen molar-refractivity contribution >= 4 is 19.4 Å². The molecule has 0 bridgehead atoms. The number of aryl methyl sites for hydroxylation is 3. The molecule has 1 unspecified atom stereocenters. The summed E-state index contributed by atoms with van der Waals surface area (Å²) in [4.78, 5) is 12.8. The Balaban J connectivity index is 0.00000196. The largest absolute Gasteiger partial charge is 1.00 e. The summed E-state index contributed by atoms with van der Waals surface area (Å²) in [7, 11) is 0.124. The maximum atomic E-state index is 12.8. The summed E-state index contributed by atoms with van der Waals surface area (Å²) in [5.41, 5.74) is 5.37. The van der Waals surface area contributed by atoms with Crippen molar-refractivity contribution < 1.29 is 29.8 Å². The third-order valence-electron chi connectivity index (χ3n) is 4.40. The summed E-state index contributed by atoms with van der Waals surface area (Å²) >= 11 is 0. The van der Waals surface area contributed by atoms with Crippen LogP contribution in [0.1, 0.15) is 34.0 Å². The van der Waals surface area contributed by atoms with Crippen LogP contribution in [0.3, 0.4) is 0 Å². The first kappa shape index (κ1) is 21.5. The smallest absolute Gasteiger partial charge is 1.00 e. The third-order valence-corrected chi connectivity index (χ3v) is 5.71. The van der Waals surface area contributed by atoms with Crippen molar-refractivity contribution in [2.24, 2.45) is 0 Å². The molecule has 0 aliphatic carbocycles. The fraction of sp³-hybridized carbons (Fsp3) is 0.174. The Hall–Kier alpha value is -1.84. The van der Waals surface area contributed by atoms with E-state index in [1.165, 1.54) is 0 Å². The maximum absolute atomic E-state index is 12.8. The minimum absolute atomic E-state index is 0. The van der Waals surface area contributed by atoms with E-state index in [1.807, 2.05) is 87.5 Å². The van der Waals surface area contributed by atoms with Crippen LogP contribution in [0.2, 0.25) is 0 Å². The van der Waals surface area contributed by atoms with E-state index >= 15 is 0 Å². The Kier molecular flexibility index (Phi) is 7.87. The monoisotopic (exact) mass is 370 g/mol. The van der Waals surface area contributed by atoms with E-state index in [4.69, 9.17) is 4.74 Å². The molecule has 0 aliphatic heterocycles. The quantitative estimate of drug-likeness (QED) is 0.492. The average Bonchev–Trinajstić information content (AvgIpc) is 2.63. The van der Waals surface area contributed by atoms with Gasteiger partial charge in [0, 0.05) is 5.56 Å². The molecule has 0 heterocycles. The maximum Gasteiger partial charge on any atom is 1.00 e. The van der Waals surface area contributed by atoms with Crippen molar-refractivity contribution in [1.82, 2.24) is 0 Å². The van der Waals surface area contributed by atoms with Gasteiger partial charge in [0.05, 0.1) is 0 Å². The zero-order valence-corrected chi connectivity index (χ0v) is 17.4. The van der Waals surface area contributed by atoms with E-state index in [2.05, 4.69) is 0 Å². The van der Waals surface area contributed by atoms with Gasteiger partial charge in [-0.15, -0.1) is 0 Å². The molecular formula is C23H24LiO2P. The summed E-state index contributed by atoms with van der Waals surface area (Å²) in [6.07, 6.45) is 0. The van der Waals surface area contributed by atoms with Gasteiger partial charge in [-0.2, -0.15) is 0 Å². The van der Waals surface area contributed by atoms with E-state index in [-0.39, 0.29) is 34.4 Å². The van der Waals surface area contributed by atoms with Gasteiger partial charge in [-0.25, -0.2) is 0 Å². The number of carbonyl (C=O) groups is 1. The third kappa shape index (κ3) is 5.57. The molecular weight excluding hydrogens is 346 g/mol. The van der Waals surface area contributed by atoms with E-state index in [0.717, 1.165) is 38.9 Å². The number of ether oxygens (including phenoxy) is 1. The normalized spacial score (nSPS) is 10.6. The van der Waals surface area contributed by atoms with Crippen LogP contribution >= 0.6 is 8.58 Å². The van der Waals surface area contributed by atoms with Crippen molar-refractivity contribution in [2.75, 3.05) is 0 Å². The molecule has 0 spiro atoms. The molecule has 134 valence electrons. The SMILES string of the molecule is Cc1cc(OCc2ccccc2)ccc1PC(=O)c1c(C)cccc1C.[H-].[Li+]. The topological polar surface area (TPSA) is 26.3 Å². The summed E-state index contributed by atoms with van der Waals surface area (Å²) in [5.74, 6) is 0.833. The van der Waals surface area contributed by atoms with Gasteiger partial charge in [0.15, 0.2) is 5.52 Å². The standard InChI is InChI=1S/C23H23O2P.Li.H/c1-16-8-7-9-17(2)22(16)23(24)26-21-13-12-20(14-18(21)3)25-15-19-10-5-4-6-11-19;;/h4-14,26H,15H2,1-3H3;;/q;+1;-1. The molecule has 27 heavy (non-hydrogen) atoms. The number of hydrogen-bond donors (Lipinski definition) is 0. The number of benzene rings is 3. The molecule has 3 aromatic rings. The molecule has 0 saturated carbocycles. The van der Waals surface area contributed by atoms with Crippen molar-refractivity contribution in [3.8, 4) is 5.75 Å². The molecule has 0 N–H and O–H groups in total. The molecule has 0 radical (unpaired) electrons. The molecule has 0 fully saturated rings. The Morgan fingerprint density at radius 2 is 1.56 bits per heavy atom. The van der Waals surface area contributed by atoms with Crippen LogP contribution in [0.4, 0.5) is 0 Å². The average molecular weight is 370 g/mol. The van der Waals surface area contributed by atoms with Gasteiger partial charge in [-0.3, -0.25) is 4.79 Å². The van der Waals surface area contributed by atoms with Gasteiger partial charge in [-0.05, 0) is 69.0 Å². The second-order valence-corrected chi connectivity index (χ2v) is 7.71. The second kappa shape index (κ2) is 9.91.